The van der Waals surface area contributed by atoms with Gasteiger partial charge in [-0.1, -0.05) is 6.92 Å². The molecule has 0 aliphatic carbocycles. The van der Waals surface area contributed by atoms with Gasteiger partial charge in [-0.2, -0.15) is 0 Å². The maximum Gasteiger partial charge on any atom is 0.178 e. The predicted molar refractivity (Wildman–Crippen MR) is 74.9 cm³/mol. The zero-order valence-electron chi connectivity index (χ0n) is 10.2. The van der Waals surface area contributed by atoms with E-state index in [1.165, 1.54) is 0 Å². The van der Waals surface area contributed by atoms with Crippen LogP contribution in [0.5, 0.6) is 0 Å². The molecule has 2 aromatic heterocycles. The first-order chi connectivity index (χ1) is 8.69. The summed E-state index contributed by atoms with van der Waals surface area (Å²) in [5, 5.41) is 0. The molecule has 1 atom stereocenters. The van der Waals surface area contributed by atoms with Gasteiger partial charge >= 0.3 is 0 Å². The maximum atomic E-state index is 5.90. The molecule has 0 aliphatic heterocycles. The third kappa shape index (κ3) is 3.34. The predicted octanol–water partition coefficient (Wildman–Crippen LogP) is 2.58. The van der Waals surface area contributed by atoms with Crippen LogP contribution < -0.4 is 5.73 Å². The number of halogens is 1. The molecule has 0 amide bonds. The maximum absolute atomic E-state index is 5.90. The molecule has 0 aromatic carbocycles. The Morgan fingerprint density at radius 2 is 1.89 bits per heavy atom. The molecule has 18 heavy (non-hydrogen) atoms. The number of nitrogens with two attached hydrogens (primary N) is 1. The van der Waals surface area contributed by atoms with Crippen LogP contribution in [0.2, 0.25) is 0 Å². The van der Waals surface area contributed by atoms with E-state index in [9.17, 15) is 0 Å². The lowest BCUT2D eigenvalue weighted by molar-refractivity contribution is 0.643. The Morgan fingerprint density at radius 3 is 2.44 bits per heavy atom. The molecule has 0 fully saturated rings. The first-order valence-electron chi connectivity index (χ1n) is 5.87. The largest absolute Gasteiger partial charge is 0.327 e. The summed E-state index contributed by atoms with van der Waals surface area (Å²) in [7, 11) is 0. The van der Waals surface area contributed by atoms with E-state index in [0.717, 1.165) is 28.6 Å². The molecule has 0 radical (unpaired) electrons. The molecule has 0 bridgehead atoms. The van der Waals surface area contributed by atoms with Crippen LogP contribution in [0.3, 0.4) is 0 Å². The van der Waals surface area contributed by atoms with Gasteiger partial charge in [-0.05, 0) is 46.5 Å². The molecule has 94 valence electrons. The average Bonchev–Trinajstić information content (AvgIpc) is 2.40. The standard InChI is InChI=1S/C13H15BrN4/c1-2-11(15)5-9-6-17-13(18-7-9)12-4-3-10(14)8-16-12/h3-4,6-8,11H,2,5,15H2,1H3. The van der Waals surface area contributed by atoms with Crippen LogP contribution in [-0.4, -0.2) is 21.0 Å². The number of aromatic nitrogens is 3. The third-order valence-electron chi connectivity index (χ3n) is 2.68. The average molecular weight is 307 g/mol. The molecule has 0 spiro atoms. The minimum atomic E-state index is 0.172. The molecule has 5 heteroatoms. The van der Waals surface area contributed by atoms with Crippen molar-refractivity contribution in [2.45, 2.75) is 25.8 Å². The van der Waals surface area contributed by atoms with E-state index in [1.54, 1.807) is 6.20 Å². The fraction of sp³-hybridized carbons (Fsp3) is 0.308. The second kappa shape index (κ2) is 6.02. The molecule has 0 aliphatic rings. The highest BCUT2D eigenvalue weighted by molar-refractivity contribution is 9.10. The Balaban J connectivity index is 2.14. The highest BCUT2D eigenvalue weighted by atomic mass is 79.9. The van der Waals surface area contributed by atoms with Crippen LogP contribution in [0.15, 0.2) is 35.2 Å². The monoisotopic (exact) mass is 306 g/mol. The third-order valence-corrected chi connectivity index (χ3v) is 3.15. The van der Waals surface area contributed by atoms with Gasteiger partial charge in [0.2, 0.25) is 0 Å². The van der Waals surface area contributed by atoms with E-state index in [0.29, 0.717) is 5.82 Å². The topological polar surface area (TPSA) is 64.7 Å². The SMILES string of the molecule is CCC(N)Cc1cnc(-c2ccc(Br)cn2)nc1. The molecule has 2 aromatic rings. The van der Waals surface area contributed by atoms with Crippen LogP contribution in [0.1, 0.15) is 18.9 Å². The van der Waals surface area contributed by atoms with Gasteiger partial charge in [0, 0.05) is 29.1 Å². The van der Waals surface area contributed by atoms with Crippen molar-refractivity contribution >= 4 is 15.9 Å². The van der Waals surface area contributed by atoms with Crippen LogP contribution >= 0.6 is 15.9 Å². The molecule has 4 nitrogen and oxygen atoms in total. The lowest BCUT2D eigenvalue weighted by Crippen LogP contribution is -2.21. The van der Waals surface area contributed by atoms with Crippen LogP contribution in [0.25, 0.3) is 11.5 Å². The minimum absolute atomic E-state index is 0.172. The smallest absolute Gasteiger partial charge is 0.178 e. The zero-order chi connectivity index (χ0) is 13.0. The lowest BCUT2D eigenvalue weighted by atomic mass is 10.1. The van der Waals surface area contributed by atoms with E-state index in [1.807, 2.05) is 24.5 Å². The Hall–Kier alpha value is -1.33. The lowest BCUT2D eigenvalue weighted by Gasteiger charge is -2.08. The van der Waals surface area contributed by atoms with Crippen molar-refractivity contribution < 1.29 is 0 Å². The summed E-state index contributed by atoms with van der Waals surface area (Å²) >= 11 is 3.35. The summed E-state index contributed by atoms with van der Waals surface area (Å²) in [5.74, 6) is 0.635. The van der Waals surface area contributed by atoms with Crippen molar-refractivity contribution in [1.29, 1.82) is 0 Å². The summed E-state index contributed by atoms with van der Waals surface area (Å²) in [4.78, 5) is 12.9. The van der Waals surface area contributed by atoms with E-state index in [4.69, 9.17) is 5.73 Å². The summed E-state index contributed by atoms with van der Waals surface area (Å²) in [6, 6.07) is 3.98. The number of pyridine rings is 1. The summed E-state index contributed by atoms with van der Waals surface area (Å²) in [5.41, 5.74) is 7.73. The Morgan fingerprint density at radius 1 is 1.17 bits per heavy atom. The molecule has 2 heterocycles. The van der Waals surface area contributed by atoms with Gasteiger partial charge < -0.3 is 5.73 Å². The normalized spacial score (nSPS) is 12.4. The summed E-state index contributed by atoms with van der Waals surface area (Å²) in [6.07, 6.45) is 7.14. The Kier molecular flexibility index (Phi) is 4.38. The van der Waals surface area contributed by atoms with Crippen molar-refractivity contribution in [3.05, 3.63) is 40.8 Å². The van der Waals surface area contributed by atoms with Crippen LogP contribution in [-0.2, 0) is 6.42 Å². The summed E-state index contributed by atoms with van der Waals surface area (Å²) < 4.78 is 0.941. The number of rotatable bonds is 4. The van der Waals surface area contributed by atoms with Crippen molar-refractivity contribution in [3.63, 3.8) is 0 Å². The molecule has 2 N–H and O–H groups in total. The molecule has 0 saturated carbocycles. The highest BCUT2D eigenvalue weighted by Crippen LogP contribution is 2.15. The van der Waals surface area contributed by atoms with Gasteiger partial charge in [0.15, 0.2) is 5.82 Å². The molecule has 2 rings (SSSR count). The fourth-order valence-corrected chi connectivity index (χ4v) is 1.78. The van der Waals surface area contributed by atoms with Gasteiger partial charge in [-0.3, -0.25) is 4.98 Å². The van der Waals surface area contributed by atoms with Gasteiger partial charge in [0.05, 0.1) is 0 Å². The minimum Gasteiger partial charge on any atom is -0.327 e. The first-order valence-corrected chi connectivity index (χ1v) is 6.66. The Bertz CT molecular complexity index is 495. The molecular weight excluding hydrogens is 292 g/mol. The molecule has 1 unspecified atom stereocenters. The van der Waals surface area contributed by atoms with E-state index >= 15 is 0 Å². The van der Waals surface area contributed by atoms with E-state index in [-0.39, 0.29) is 6.04 Å². The zero-order valence-corrected chi connectivity index (χ0v) is 11.8. The second-order valence-electron chi connectivity index (χ2n) is 4.15. The van der Waals surface area contributed by atoms with E-state index in [2.05, 4.69) is 37.8 Å². The number of hydrogen-bond donors (Lipinski definition) is 1. The van der Waals surface area contributed by atoms with Crippen LogP contribution in [0.4, 0.5) is 0 Å². The molecular formula is C13H15BrN4. The highest BCUT2D eigenvalue weighted by Gasteiger charge is 2.05. The van der Waals surface area contributed by atoms with E-state index < -0.39 is 0 Å². The number of nitrogens with zero attached hydrogens (tertiary/aromatic N) is 3. The Labute approximate surface area is 115 Å². The van der Waals surface area contributed by atoms with Crippen molar-refractivity contribution in [2.75, 3.05) is 0 Å². The van der Waals surface area contributed by atoms with Crippen LogP contribution in [0, 0.1) is 0 Å². The first kappa shape index (κ1) is 13.1. The second-order valence-corrected chi connectivity index (χ2v) is 5.06. The van der Waals surface area contributed by atoms with Gasteiger partial charge in [0.1, 0.15) is 5.69 Å². The van der Waals surface area contributed by atoms with Gasteiger partial charge in [0.25, 0.3) is 0 Å². The van der Waals surface area contributed by atoms with Crippen molar-refractivity contribution in [3.8, 4) is 11.5 Å². The quantitative estimate of drug-likeness (QED) is 0.943. The van der Waals surface area contributed by atoms with Crippen molar-refractivity contribution in [1.82, 2.24) is 15.0 Å². The van der Waals surface area contributed by atoms with Gasteiger partial charge in [-0.15, -0.1) is 0 Å². The van der Waals surface area contributed by atoms with Crippen molar-refractivity contribution in [2.24, 2.45) is 5.73 Å². The molecule has 0 saturated heterocycles. The summed E-state index contributed by atoms with van der Waals surface area (Å²) in [6.45, 7) is 2.08. The number of hydrogen-bond acceptors (Lipinski definition) is 4. The fourth-order valence-electron chi connectivity index (χ4n) is 1.55. The van der Waals surface area contributed by atoms with Gasteiger partial charge in [-0.25, -0.2) is 9.97 Å².